The van der Waals surface area contributed by atoms with Crippen molar-refractivity contribution in [2.24, 2.45) is 0 Å². The summed E-state index contributed by atoms with van der Waals surface area (Å²) in [4.78, 5) is 34.0. The number of nitrogens with one attached hydrogen (secondary N) is 1. The molecule has 2 atom stereocenters. The molecule has 0 unspecified atom stereocenters. The molecule has 40 heavy (non-hydrogen) atoms. The molecule has 3 aromatic carbocycles. The molecule has 0 fully saturated rings. The number of fused-ring (bicyclic) bond motifs is 2. The molecule has 0 aliphatic carbocycles. The van der Waals surface area contributed by atoms with Crippen LogP contribution in [0.5, 0.6) is 28.7 Å². The Kier molecular flexibility index (Phi) is 7.40. The highest BCUT2D eigenvalue weighted by Crippen LogP contribution is 2.47. The maximum Gasteiger partial charge on any atom is 0.254 e. The number of hydrogen-bond donors (Lipinski definition) is 1. The van der Waals surface area contributed by atoms with Crippen molar-refractivity contribution in [3.05, 3.63) is 65.2 Å². The van der Waals surface area contributed by atoms with Gasteiger partial charge < -0.3 is 33.9 Å². The summed E-state index contributed by atoms with van der Waals surface area (Å²) in [6, 6.07) is 13.5. The van der Waals surface area contributed by atoms with Crippen LogP contribution >= 0.6 is 11.3 Å². The van der Waals surface area contributed by atoms with Crippen LogP contribution in [-0.4, -0.2) is 64.3 Å². The number of carbonyl (C=O) groups excluding carboxylic acids is 2. The highest BCUT2D eigenvalue weighted by atomic mass is 32.1. The van der Waals surface area contributed by atoms with Crippen molar-refractivity contribution in [3.63, 3.8) is 0 Å². The zero-order valence-electron chi connectivity index (χ0n) is 22.9. The molecule has 1 aromatic heterocycles. The Balaban J connectivity index is 1.64. The lowest BCUT2D eigenvalue weighted by molar-refractivity contribution is -0.119. The second-order valence-electron chi connectivity index (χ2n) is 9.09. The van der Waals surface area contributed by atoms with E-state index in [-0.39, 0.29) is 11.8 Å². The van der Waals surface area contributed by atoms with Crippen LogP contribution in [0.15, 0.2) is 48.5 Å². The number of nitrogens with zero attached hydrogens (tertiary/aromatic N) is 2. The summed E-state index contributed by atoms with van der Waals surface area (Å²) < 4.78 is 28.1. The molecule has 0 radical (unpaired) electrons. The van der Waals surface area contributed by atoms with Crippen LogP contribution in [0.2, 0.25) is 0 Å². The van der Waals surface area contributed by atoms with Gasteiger partial charge in [-0.25, -0.2) is 4.98 Å². The fraction of sp³-hybridized carbons (Fsp3) is 0.276. The summed E-state index contributed by atoms with van der Waals surface area (Å²) in [6.07, 6.45) is 0. The Bertz CT molecular complexity index is 1600. The highest BCUT2D eigenvalue weighted by molar-refractivity contribution is 7.22. The molecular weight excluding hydrogens is 534 g/mol. The topological polar surface area (TPSA) is 108 Å². The molecule has 11 heteroatoms. The van der Waals surface area contributed by atoms with Crippen molar-refractivity contribution in [1.29, 1.82) is 0 Å². The van der Waals surface area contributed by atoms with E-state index in [4.69, 9.17) is 23.7 Å². The standard InChI is InChI=1S/C29H29N3O7S/c1-32-26(15-7-10-20(36-3)21(11-15)37-4)25(17-13-22(38-5)23(39-6)14-18(17)28(32)34)27(33)31-29-30-19-9-8-16(35-2)12-24(19)40-29/h7-14,25-26H,1-6H3,(H,30,31,33)/t25-,26-/m0/s1. The number of rotatable bonds is 8. The van der Waals surface area contributed by atoms with Gasteiger partial charge in [0.05, 0.1) is 57.7 Å². The number of benzene rings is 3. The molecule has 0 spiro atoms. The largest absolute Gasteiger partial charge is 0.497 e. The predicted octanol–water partition coefficient (Wildman–Crippen LogP) is 4.89. The third-order valence-electron chi connectivity index (χ3n) is 7.03. The molecule has 1 N–H and O–H groups in total. The maximum absolute atomic E-state index is 14.2. The van der Waals surface area contributed by atoms with Gasteiger partial charge in [-0.05, 0) is 53.6 Å². The number of aromatic nitrogens is 1. The molecule has 0 saturated carbocycles. The van der Waals surface area contributed by atoms with Crippen molar-refractivity contribution in [3.8, 4) is 28.7 Å². The van der Waals surface area contributed by atoms with Gasteiger partial charge in [0.1, 0.15) is 5.75 Å². The number of carbonyl (C=O) groups is 2. The zero-order chi connectivity index (χ0) is 28.6. The van der Waals surface area contributed by atoms with E-state index in [1.165, 1.54) is 32.7 Å². The lowest BCUT2D eigenvalue weighted by Gasteiger charge is -2.40. The monoisotopic (exact) mass is 563 g/mol. The van der Waals surface area contributed by atoms with Crippen molar-refractivity contribution < 1.29 is 33.3 Å². The van der Waals surface area contributed by atoms with Crippen LogP contribution in [0, 0.1) is 0 Å². The highest BCUT2D eigenvalue weighted by Gasteiger charge is 2.44. The Labute approximate surface area is 235 Å². The fourth-order valence-corrected chi connectivity index (χ4v) is 5.95. The van der Waals surface area contributed by atoms with E-state index in [9.17, 15) is 9.59 Å². The first-order chi connectivity index (χ1) is 19.3. The SMILES string of the molecule is COc1ccc2nc(NC(=O)[C@H]3c4cc(OC)c(OC)cc4C(=O)N(C)[C@H]3c3ccc(OC)c(OC)c3)sc2c1. The Hall–Kier alpha value is -4.51. The van der Waals surface area contributed by atoms with Gasteiger partial charge in [0.25, 0.3) is 5.91 Å². The average molecular weight is 564 g/mol. The average Bonchev–Trinajstić information content (AvgIpc) is 3.38. The summed E-state index contributed by atoms with van der Waals surface area (Å²) in [5.74, 6) is 1.11. The number of amides is 2. The van der Waals surface area contributed by atoms with Gasteiger partial charge in [0, 0.05) is 12.6 Å². The van der Waals surface area contributed by atoms with Crippen LogP contribution in [0.3, 0.4) is 0 Å². The van der Waals surface area contributed by atoms with E-state index >= 15 is 0 Å². The van der Waals surface area contributed by atoms with Crippen LogP contribution in [0.4, 0.5) is 5.13 Å². The van der Waals surface area contributed by atoms with Gasteiger partial charge in [0.2, 0.25) is 5.91 Å². The molecule has 2 heterocycles. The number of thiazole rings is 1. The number of anilines is 1. The van der Waals surface area contributed by atoms with E-state index in [0.717, 1.165) is 10.2 Å². The molecule has 1 aliphatic rings. The number of methoxy groups -OCH3 is 5. The molecule has 0 saturated heterocycles. The normalized spacial score (nSPS) is 16.4. The molecule has 4 aromatic rings. The minimum absolute atomic E-state index is 0.258. The molecule has 1 aliphatic heterocycles. The summed E-state index contributed by atoms with van der Waals surface area (Å²) >= 11 is 1.34. The lowest BCUT2D eigenvalue weighted by Crippen LogP contribution is -2.44. The lowest BCUT2D eigenvalue weighted by atomic mass is 9.79. The number of likely N-dealkylation sites (N-methyl/N-ethyl adjacent to an activating group) is 1. The van der Waals surface area contributed by atoms with E-state index in [0.29, 0.717) is 50.6 Å². The smallest absolute Gasteiger partial charge is 0.254 e. The first-order valence-corrected chi connectivity index (χ1v) is 13.2. The molecule has 0 bridgehead atoms. The molecule has 2 amide bonds. The second-order valence-corrected chi connectivity index (χ2v) is 10.1. The van der Waals surface area contributed by atoms with Gasteiger partial charge in [-0.2, -0.15) is 0 Å². The van der Waals surface area contributed by atoms with Crippen molar-refractivity contribution in [1.82, 2.24) is 9.88 Å². The van der Waals surface area contributed by atoms with Crippen LogP contribution in [-0.2, 0) is 4.79 Å². The summed E-state index contributed by atoms with van der Waals surface area (Å²) in [5.41, 5.74) is 2.30. The number of hydrogen-bond acceptors (Lipinski definition) is 9. The first-order valence-electron chi connectivity index (χ1n) is 12.3. The zero-order valence-corrected chi connectivity index (χ0v) is 23.8. The van der Waals surface area contributed by atoms with Crippen LogP contribution in [0.25, 0.3) is 10.2 Å². The second kappa shape index (κ2) is 10.9. The van der Waals surface area contributed by atoms with Crippen LogP contribution in [0.1, 0.15) is 33.4 Å². The van der Waals surface area contributed by atoms with E-state index in [1.54, 1.807) is 50.4 Å². The van der Waals surface area contributed by atoms with Crippen molar-refractivity contribution >= 4 is 38.5 Å². The Morgan fingerprint density at radius 2 is 1.52 bits per heavy atom. The molecular formula is C29H29N3O7S. The summed E-state index contributed by atoms with van der Waals surface area (Å²) in [7, 11) is 9.37. The Morgan fingerprint density at radius 1 is 0.850 bits per heavy atom. The van der Waals surface area contributed by atoms with Gasteiger partial charge in [-0.3, -0.25) is 9.59 Å². The first kappa shape index (κ1) is 27.1. The summed E-state index contributed by atoms with van der Waals surface area (Å²) in [6.45, 7) is 0. The third kappa shape index (κ3) is 4.62. The van der Waals surface area contributed by atoms with E-state index in [1.807, 2.05) is 24.3 Å². The number of ether oxygens (including phenoxy) is 5. The Morgan fingerprint density at radius 3 is 2.20 bits per heavy atom. The van der Waals surface area contributed by atoms with Crippen molar-refractivity contribution in [2.75, 3.05) is 47.9 Å². The minimum atomic E-state index is -0.822. The van der Waals surface area contributed by atoms with Gasteiger partial charge >= 0.3 is 0 Å². The van der Waals surface area contributed by atoms with Crippen molar-refractivity contribution in [2.45, 2.75) is 12.0 Å². The quantitative estimate of drug-likeness (QED) is 0.323. The van der Waals surface area contributed by atoms with E-state index < -0.39 is 12.0 Å². The summed E-state index contributed by atoms with van der Waals surface area (Å²) in [5, 5.41) is 3.42. The van der Waals surface area contributed by atoms with Gasteiger partial charge in [-0.15, -0.1) is 0 Å². The maximum atomic E-state index is 14.2. The minimum Gasteiger partial charge on any atom is -0.497 e. The third-order valence-corrected chi connectivity index (χ3v) is 7.97. The molecule has 10 nitrogen and oxygen atoms in total. The molecule has 5 rings (SSSR count). The molecule has 208 valence electrons. The fourth-order valence-electron chi connectivity index (χ4n) is 5.05. The van der Waals surface area contributed by atoms with Gasteiger partial charge in [-0.1, -0.05) is 17.4 Å². The van der Waals surface area contributed by atoms with E-state index in [2.05, 4.69) is 10.3 Å². The predicted molar refractivity (Wildman–Crippen MR) is 151 cm³/mol. The van der Waals surface area contributed by atoms with Crippen LogP contribution < -0.4 is 29.0 Å². The van der Waals surface area contributed by atoms with Gasteiger partial charge in [0.15, 0.2) is 28.1 Å².